The van der Waals surface area contributed by atoms with E-state index in [1.807, 2.05) is 0 Å². The van der Waals surface area contributed by atoms with Crippen LogP contribution < -0.4 is 15.6 Å². The van der Waals surface area contributed by atoms with Gasteiger partial charge in [-0.15, -0.1) is 0 Å². The zero-order valence-corrected chi connectivity index (χ0v) is 36.4. The van der Waals surface area contributed by atoms with E-state index in [4.69, 9.17) is 0 Å². The Morgan fingerprint density at radius 3 is 1.58 bits per heavy atom. The van der Waals surface area contributed by atoms with Gasteiger partial charge in [0.25, 0.3) is 0 Å². The average molecular weight is 807 g/mol. The van der Waals surface area contributed by atoms with Crippen molar-refractivity contribution in [3.05, 3.63) is 250 Å². The summed E-state index contributed by atoms with van der Waals surface area (Å²) in [7, 11) is -2.00. The summed E-state index contributed by atoms with van der Waals surface area (Å²) in [4.78, 5) is 0. The van der Waals surface area contributed by atoms with Gasteiger partial charge in [-0.05, 0) is 152 Å². The lowest BCUT2D eigenvalue weighted by molar-refractivity contribution is 0.542. The summed E-state index contributed by atoms with van der Waals surface area (Å²) in [5.41, 5.74) is 16.7. The first-order chi connectivity index (χ1) is 30.3. The highest BCUT2D eigenvalue weighted by Gasteiger charge is 2.49. The molecule has 1 aliphatic heterocycles. The molecule has 3 aliphatic rings. The maximum absolute atomic E-state index is 2.65. The van der Waals surface area contributed by atoms with Gasteiger partial charge >= 0.3 is 0 Å². The molecule has 0 saturated heterocycles. The van der Waals surface area contributed by atoms with Crippen LogP contribution in [0.2, 0.25) is 13.1 Å². The Bertz CT molecular complexity index is 3450. The minimum Gasteiger partial charge on any atom is -0.0672 e. The van der Waals surface area contributed by atoms with Crippen LogP contribution in [-0.2, 0) is 0 Å². The average Bonchev–Trinajstić information content (AvgIpc) is 3.54. The molecule has 1 heterocycles. The van der Waals surface area contributed by atoms with Crippen molar-refractivity contribution in [2.45, 2.75) is 26.4 Å². The summed E-state index contributed by atoms with van der Waals surface area (Å²) in [6.45, 7) is 7.74. The van der Waals surface area contributed by atoms with Crippen molar-refractivity contribution >= 4 is 51.5 Å². The maximum atomic E-state index is 2.65. The molecular weight excluding hydrogens is 761 g/mol. The molecule has 0 saturated carbocycles. The molecule has 0 amide bonds. The molecule has 0 N–H and O–H groups in total. The first-order valence-electron chi connectivity index (χ1n) is 22.0. The Balaban J connectivity index is 1.24. The molecular formula is C61H46Si. The van der Waals surface area contributed by atoms with E-state index in [0.29, 0.717) is 0 Å². The number of hydrogen-bond acceptors (Lipinski definition) is 0. The van der Waals surface area contributed by atoms with Crippen LogP contribution in [0.4, 0.5) is 0 Å². The topological polar surface area (TPSA) is 0 Å². The molecule has 1 atom stereocenters. The van der Waals surface area contributed by atoms with E-state index < -0.39 is 8.07 Å². The van der Waals surface area contributed by atoms with Gasteiger partial charge in [0.2, 0.25) is 0 Å². The highest BCUT2D eigenvalue weighted by molar-refractivity contribution is 6.98. The Kier molecular flexibility index (Phi) is 8.30. The fraction of sp³-hybridized carbons (Fsp3) is 0.0820. The van der Waals surface area contributed by atoms with Gasteiger partial charge in [0.05, 0.1) is 0 Å². The van der Waals surface area contributed by atoms with Gasteiger partial charge in [0, 0.05) is 5.41 Å². The number of allylic oxidation sites excluding steroid dienone is 4. The largest absolute Gasteiger partial charge is 0.109 e. The first-order valence-corrected chi connectivity index (χ1v) is 25.0. The third-order valence-electron chi connectivity index (χ3n) is 14.3. The lowest BCUT2D eigenvalue weighted by Crippen LogP contribution is -2.47. The summed E-state index contributed by atoms with van der Waals surface area (Å²) in [5, 5.41) is 10.9. The van der Waals surface area contributed by atoms with Crippen LogP contribution in [0.15, 0.2) is 223 Å². The quantitative estimate of drug-likeness (QED) is 0.152. The molecule has 0 radical (unpaired) electrons. The molecule has 0 spiro atoms. The van der Waals surface area contributed by atoms with Gasteiger partial charge in [-0.2, -0.15) is 0 Å². The van der Waals surface area contributed by atoms with Crippen LogP contribution in [0, 0.1) is 5.41 Å². The van der Waals surface area contributed by atoms with Crippen molar-refractivity contribution in [2.24, 2.45) is 5.41 Å². The normalized spacial score (nSPS) is 17.4. The first kappa shape index (κ1) is 36.8. The summed E-state index contributed by atoms with van der Waals surface area (Å²) in [6, 6.07) is 77.5. The second-order valence-corrected chi connectivity index (χ2v) is 22.7. The van der Waals surface area contributed by atoms with Gasteiger partial charge in [-0.25, -0.2) is 0 Å². The molecule has 62 heavy (non-hydrogen) atoms. The molecule has 1 heteroatoms. The standard InChI is InChI=1S/C61H46Si/c1-61-39-58-54(52-24-14-15-25-57(52)62(58,2)3)38-56(61)59(51-35-49(40-16-6-4-7-17-40)34-50(36-51)41-18-8-5-9-19-41)53-31-30-47(46-28-26-42-20-10-12-22-44(42)32-46)37-55(53)60(61)48-29-27-43-21-11-13-23-45(43)33-48/h4-38H,39H2,1-3H3. The number of hydrogen-bond donors (Lipinski definition) is 0. The van der Waals surface area contributed by atoms with Gasteiger partial charge in [-0.3, -0.25) is 0 Å². The smallest absolute Gasteiger partial charge is 0.0672 e. The van der Waals surface area contributed by atoms with Gasteiger partial charge in [0.1, 0.15) is 8.07 Å². The lowest BCUT2D eigenvalue weighted by Gasteiger charge is -2.44. The second-order valence-electron chi connectivity index (χ2n) is 18.3. The number of fused-ring (bicyclic) bond motifs is 6. The van der Waals surface area contributed by atoms with Crippen LogP contribution in [0.3, 0.4) is 0 Å². The van der Waals surface area contributed by atoms with E-state index in [1.165, 1.54) is 104 Å². The monoisotopic (exact) mass is 806 g/mol. The predicted octanol–water partition coefficient (Wildman–Crippen LogP) is 13.7. The summed E-state index contributed by atoms with van der Waals surface area (Å²) in [5.74, 6) is 0. The third kappa shape index (κ3) is 5.72. The van der Waals surface area contributed by atoms with Crippen LogP contribution in [0.5, 0.6) is 0 Å². The fourth-order valence-electron chi connectivity index (χ4n) is 11.2. The highest BCUT2D eigenvalue weighted by Crippen LogP contribution is 2.57. The van der Waals surface area contributed by atoms with Crippen LogP contribution in [0.1, 0.15) is 30.0 Å². The highest BCUT2D eigenvalue weighted by atomic mass is 28.3. The molecule has 9 aromatic rings. The molecule has 0 aromatic heterocycles. The van der Waals surface area contributed by atoms with Crippen molar-refractivity contribution in [2.75, 3.05) is 0 Å². The van der Waals surface area contributed by atoms with E-state index in [1.54, 1.807) is 10.4 Å². The van der Waals surface area contributed by atoms with E-state index >= 15 is 0 Å². The van der Waals surface area contributed by atoms with Gasteiger partial charge in [-0.1, -0.05) is 201 Å². The SMILES string of the molecule is CC12CC3=C(C=C1C(c1cc(-c4ccccc4)cc(-c4ccccc4)c1)=c1ccc(-c4ccc5ccccc5c4)cc1=C2c1ccc2ccccc2c1)c1ccccc1[Si]3(C)C. The number of rotatable bonds is 5. The zero-order valence-electron chi connectivity index (χ0n) is 35.4. The van der Waals surface area contributed by atoms with E-state index in [0.717, 1.165) is 6.42 Å². The Hall–Kier alpha value is -7.06. The molecule has 9 aromatic carbocycles. The van der Waals surface area contributed by atoms with Gasteiger partial charge in [0.15, 0.2) is 0 Å². The van der Waals surface area contributed by atoms with Crippen molar-refractivity contribution in [1.82, 2.24) is 0 Å². The van der Waals surface area contributed by atoms with Crippen molar-refractivity contribution in [3.63, 3.8) is 0 Å². The maximum Gasteiger partial charge on any atom is 0.109 e. The predicted molar refractivity (Wildman–Crippen MR) is 266 cm³/mol. The van der Waals surface area contributed by atoms with Crippen molar-refractivity contribution < 1.29 is 0 Å². The van der Waals surface area contributed by atoms with Crippen molar-refractivity contribution in [1.29, 1.82) is 0 Å². The number of benzene rings is 9. The Morgan fingerprint density at radius 2 is 0.919 bits per heavy atom. The summed E-state index contributed by atoms with van der Waals surface area (Å²) >= 11 is 0. The van der Waals surface area contributed by atoms with Gasteiger partial charge < -0.3 is 0 Å². The zero-order chi connectivity index (χ0) is 41.6. The summed E-state index contributed by atoms with van der Waals surface area (Å²) in [6.07, 6.45) is 3.63. The second kappa shape index (κ2) is 14.0. The van der Waals surface area contributed by atoms with Crippen LogP contribution in [-0.4, -0.2) is 8.07 Å². The molecule has 12 rings (SSSR count). The minimum atomic E-state index is -2.00. The summed E-state index contributed by atoms with van der Waals surface area (Å²) < 4.78 is 0. The lowest BCUT2D eigenvalue weighted by atomic mass is 9.61. The Labute approximate surface area is 365 Å². The van der Waals surface area contributed by atoms with E-state index in [9.17, 15) is 0 Å². The molecule has 294 valence electrons. The molecule has 2 aliphatic carbocycles. The molecule has 1 unspecified atom stereocenters. The fourth-order valence-corrected chi connectivity index (χ4v) is 14.6. The van der Waals surface area contributed by atoms with E-state index in [2.05, 4.69) is 232 Å². The molecule has 0 fully saturated rings. The van der Waals surface area contributed by atoms with Crippen molar-refractivity contribution in [3.8, 4) is 33.4 Å². The minimum absolute atomic E-state index is 0.326. The van der Waals surface area contributed by atoms with Crippen LogP contribution in [0.25, 0.3) is 71.6 Å². The third-order valence-corrected chi connectivity index (χ3v) is 18.1. The molecule has 0 nitrogen and oxygen atoms in total. The Morgan fingerprint density at radius 1 is 0.403 bits per heavy atom. The van der Waals surface area contributed by atoms with E-state index in [-0.39, 0.29) is 5.41 Å². The molecule has 0 bridgehead atoms. The van der Waals surface area contributed by atoms with Crippen LogP contribution >= 0.6 is 0 Å².